The Morgan fingerprint density at radius 2 is 2.10 bits per heavy atom. The van der Waals surface area contributed by atoms with Crippen LogP contribution >= 0.6 is 0 Å². The molecule has 5 nitrogen and oxygen atoms in total. The van der Waals surface area contributed by atoms with Gasteiger partial charge < -0.3 is 14.5 Å². The number of imidazole rings is 1. The second kappa shape index (κ2) is 4.23. The minimum absolute atomic E-state index is 0.131. The van der Waals surface area contributed by atoms with Crippen LogP contribution in [0.1, 0.15) is 17.3 Å². The van der Waals surface area contributed by atoms with Crippen LogP contribution in [0, 0.1) is 0 Å². The van der Waals surface area contributed by atoms with E-state index in [4.69, 9.17) is 9.47 Å². The molecule has 1 unspecified atom stereocenters. The number of pyridine rings is 1. The lowest BCUT2D eigenvalue weighted by Gasteiger charge is -2.03. The lowest BCUT2D eigenvalue weighted by molar-refractivity contribution is 0.340. The van der Waals surface area contributed by atoms with Crippen LogP contribution in [0.5, 0.6) is 11.6 Å². The molecule has 0 bridgehead atoms. The van der Waals surface area contributed by atoms with Crippen molar-refractivity contribution in [2.24, 2.45) is 0 Å². The monoisotopic (exact) mass is 267 g/mol. The first-order valence-electron chi connectivity index (χ1n) is 6.47. The Morgan fingerprint density at radius 3 is 3.00 bits per heavy atom. The number of benzene rings is 1. The first-order valence-corrected chi connectivity index (χ1v) is 6.47. The zero-order chi connectivity index (χ0) is 13.5. The van der Waals surface area contributed by atoms with E-state index in [-0.39, 0.29) is 5.92 Å². The molecule has 100 valence electrons. The summed E-state index contributed by atoms with van der Waals surface area (Å²) in [7, 11) is 1.60. The predicted octanol–water partition coefficient (Wildman–Crippen LogP) is 2.49. The highest BCUT2D eigenvalue weighted by Crippen LogP contribution is 2.37. The summed E-state index contributed by atoms with van der Waals surface area (Å²) in [5.41, 5.74) is 2.74. The van der Waals surface area contributed by atoms with Gasteiger partial charge in [-0.2, -0.15) is 4.98 Å². The maximum atomic E-state index is 5.70. The summed E-state index contributed by atoms with van der Waals surface area (Å²) in [5.74, 6) is 2.51. The lowest BCUT2D eigenvalue weighted by atomic mass is 10.0. The number of rotatable bonds is 2. The average molecular weight is 267 g/mol. The molecule has 3 aromatic rings. The Morgan fingerprint density at radius 1 is 1.20 bits per heavy atom. The molecular weight excluding hydrogens is 254 g/mol. The van der Waals surface area contributed by atoms with Gasteiger partial charge in [-0.25, -0.2) is 4.98 Å². The summed E-state index contributed by atoms with van der Waals surface area (Å²) < 4.78 is 10.8. The van der Waals surface area contributed by atoms with Crippen LogP contribution in [0.15, 0.2) is 36.4 Å². The number of hydrogen-bond acceptors (Lipinski definition) is 4. The molecule has 1 aromatic carbocycles. The molecule has 0 amide bonds. The highest BCUT2D eigenvalue weighted by atomic mass is 16.5. The van der Waals surface area contributed by atoms with Crippen molar-refractivity contribution >= 4 is 11.2 Å². The Kier molecular flexibility index (Phi) is 2.39. The average Bonchev–Trinajstić information content (AvgIpc) is 3.09. The van der Waals surface area contributed by atoms with Gasteiger partial charge in [-0.15, -0.1) is 0 Å². The van der Waals surface area contributed by atoms with Crippen LogP contribution in [0.3, 0.4) is 0 Å². The van der Waals surface area contributed by atoms with Crippen LogP contribution in [-0.2, 0) is 0 Å². The van der Waals surface area contributed by atoms with Gasteiger partial charge in [0.15, 0.2) is 5.65 Å². The number of ether oxygens (including phenoxy) is 2. The van der Waals surface area contributed by atoms with Crippen molar-refractivity contribution in [1.82, 2.24) is 15.0 Å². The van der Waals surface area contributed by atoms with Gasteiger partial charge in [0.05, 0.1) is 18.5 Å². The number of aromatic nitrogens is 3. The van der Waals surface area contributed by atoms with E-state index in [0.29, 0.717) is 18.1 Å². The fourth-order valence-corrected chi connectivity index (χ4v) is 2.56. The summed E-state index contributed by atoms with van der Waals surface area (Å²) in [5, 5.41) is 0. The van der Waals surface area contributed by atoms with E-state index < -0.39 is 0 Å². The zero-order valence-electron chi connectivity index (χ0n) is 11.0. The van der Waals surface area contributed by atoms with E-state index in [9.17, 15) is 0 Å². The van der Waals surface area contributed by atoms with Crippen LogP contribution in [0.2, 0.25) is 0 Å². The largest absolute Gasteiger partial charge is 0.492 e. The molecule has 1 aliphatic heterocycles. The van der Waals surface area contributed by atoms with Crippen molar-refractivity contribution < 1.29 is 9.47 Å². The molecule has 2 aromatic heterocycles. The van der Waals surface area contributed by atoms with Gasteiger partial charge in [-0.1, -0.05) is 18.2 Å². The van der Waals surface area contributed by atoms with Crippen LogP contribution in [0.4, 0.5) is 0 Å². The highest BCUT2D eigenvalue weighted by Gasteiger charge is 2.27. The number of nitrogens with zero attached hydrogens (tertiary/aromatic N) is 2. The maximum absolute atomic E-state index is 5.70. The third-order valence-electron chi connectivity index (χ3n) is 3.58. The number of methoxy groups -OCH3 is 1. The Balaban J connectivity index is 1.80. The van der Waals surface area contributed by atoms with Crippen molar-refractivity contribution in [3.05, 3.63) is 47.8 Å². The summed E-state index contributed by atoms with van der Waals surface area (Å²) in [6.45, 7) is 0.607. The molecular formula is C15H13N3O2. The van der Waals surface area contributed by atoms with E-state index >= 15 is 0 Å². The SMILES string of the molecule is COc1ccc2[nH]c(C3COc4ccccc43)nc2n1. The van der Waals surface area contributed by atoms with Gasteiger partial charge >= 0.3 is 0 Å². The van der Waals surface area contributed by atoms with Crippen molar-refractivity contribution in [1.29, 1.82) is 0 Å². The number of nitrogens with one attached hydrogen (secondary N) is 1. The van der Waals surface area contributed by atoms with Crippen molar-refractivity contribution in [2.45, 2.75) is 5.92 Å². The zero-order valence-corrected chi connectivity index (χ0v) is 11.0. The van der Waals surface area contributed by atoms with Crippen molar-refractivity contribution in [3.63, 3.8) is 0 Å². The number of fused-ring (bicyclic) bond motifs is 2. The van der Waals surface area contributed by atoms with Crippen LogP contribution in [-0.4, -0.2) is 28.7 Å². The van der Waals surface area contributed by atoms with E-state index in [1.54, 1.807) is 7.11 Å². The summed E-state index contributed by atoms with van der Waals surface area (Å²) in [4.78, 5) is 12.2. The predicted molar refractivity (Wildman–Crippen MR) is 74.2 cm³/mol. The van der Waals surface area contributed by atoms with Gasteiger partial charge in [0.2, 0.25) is 5.88 Å². The molecule has 1 N–H and O–H groups in total. The number of hydrogen-bond donors (Lipinski definition) is 1. The fraction of sp³-hybridized carbons (Fsp3) is 0.200. The standard InChI is InChI=1S/C15H13N3O2/c1-19-13-7-6-11-15(17-13)18-14(16-11)10-8-20-12-5-3-2-4-9(10)12/h2-7,10H,8H2,1H3,(H,16,17,18). The number of para-hydroxylation sites is 1. The topological polar surface area (TPSA) is 60.0 Å². The summed E-state index contributed by atoms with van der Waals surface area (Å²) >= 11 is 0. The molecule has 0 saturated heterocycles. The fourth-order valence-electron chi connectivity index (χ4n) is 2.56. The van der Waals surface area contributed by atoms with Gasteiger partial charge in [-0.3, -0.25) is 0 Å². The van der Waals surface area contributed by atoms with Gasteiger partial charge in [0.1, 0.15) is 18.2 Å². The van der Waals surface area contributed by atoms with E-state index in [1.165, 1.54) is 5.56 Å². The molecule has 0 aliphatic carbocycles. The summed E-state index contributed by atoms with van der Waals surface area (Å²) in [6, 6.07) is 11.8. The molecule has 0 spiro atoms. The molecule has 20 heavy (non-hydrogen) atoms. The normalized spacial score (nSPS) is 16.9. The van der Waals surface area contributed by atoms with Crippen molar-refractivity contribution in [3.8, 4) is 11.6 Å². The first kappa shape index (κ1) is 11.3. The quantitative estimate of drug-likeness (QED) is 0.775. The molecule has 4 rings (SSSR count). The minimum Gasteiger partial charge on any atom is -0.492 e. The van der Waals surface area contributed by atoms with E-state index in [2.05, 4.69) is 21.0 Å². The molecule has 3 heterocycles. The third-order valence-corrected chi connectivity index (χ3v) is 3.58. The number of H-pyrrole nitrogens is 1. The highest BCUT2D eigenvalue weighted by molar-refractivity contribution is 5.71. The Labute approximate surface area is 115 Å². The van der Waals surface area contributed by atoms with Gasteiger partial charge in [0, 0.05) is 11.6 Å². The van der Waals surface area contributed by atoms with E-state index in [1.807, 2.05) is 30.3 Å². The third kappa shape index (κ3) is 1.63. The second-order valence-corrected chi connectivity index (χ2v) is 4.75. The summed E-state index contributed by atoms with van der Waals surface area (Å²) in [6.07, 6.45) is 0. The van der Waals surface area contributed by atoms with Gasteiger partial charge in [-0.05, 0) is 12.1 Å². The maximum Gasteiger partial charge on any atom is 0.215 e. The van der Waals surface area contributed by atoms with Crippen molar-refractivity contribution in [2.75, 3.05) is 13.7 Å². The molecule has 1 aliphatic rings. The second-order valence-electron chi connectivity index (χ2n) is 4.75. The molecule has 0 fully saturated rings. The number of aromatic amines is 1. The van der Waals surface area contributed by atoms with E-state index in [0.717, 1.165) is 17.1 Å². The minimum atomic E-state index is 0.131. The smallest absolute Gasteiger partial charge is 0.215 e. The molecule has 1 atom stereocenters. The molecule has 5 heteroatoms. The van der Waals surface area contributed by atoms with Crippen LogP contribution < -0.4 is 9.47 Å². The molecule has 0 radical (unpaired) electrons. The molecule has 0 saturated carbocycles. The van der Waals surface area contributed by atoms with Crippen LogP contribution in [0.25, 0.3) is 11.2 Å². The first-order chi connectivity index (χ1) is 9.85. The van der Waals surface area contributed by atoms with Gasteiger partial charge in [0.25, 0.3) is 0 Å². The Hall–Kier alpha value is -2.56. The Bertz CT molecular complexity index is 782. The lowest BCUT2D eigenvalue weighted by Crippen LogP contribution is -2.04.